The number of nitrogens with one attached hydrogen (secondary N) is 2. The standard InChI is InChI=1S/C52H61ClF3N9O5/c1-31(37-24-38(52(54,55)56)27-39(57)25-37)58-47-41-28-40(45(70-3)29-43(41)59-32(2)60-47)34-4-6-35(7-5-34)48(67)64-22-20-62(21-23-64)30-33-10-13-51(14-11-33)15-18-63(19-16-51)49(68)36-8-9-42(53)44(26-36)65-17-12-46(66)61-50(65)69/h4,8-9,24-29,31,33,35H,5-7,10-23,30,57H2,1-3H3,(H,58,59,60)(H,61,66,69)/t31-,35?/m1/s1. The minimum atomic E-state index is -4.53. The van der Waals surface area contributed by atoms with E-state index in [4.69, 9.17) is 22.1 Å². The number of halogens is 4. The first-order chi connectivity index (χ1) is 33.5. The smallest absolute Gasteiger partial charge is 0.416 e. The third-order valence-electron chi connectivity index (χ3n) is 15.4. The van der Waals surface area contributed by atoms with Crippen LogP contribution in [0.2, 0.25) is 5.02 Å². The second-order valence-electron chi connectivity index (χ2n) is 19.9. The van der Waals surface area contributed by atoms with Crippen LogP contribution in [0.3, 0.4) is 0 Å². The predicted molar refractivity (Wildman–Crippen MR) is 264 cm³/mol. The third kappa shape index (κ3) is 10.6. The highest BCUT2D eigenvalue weighted by Crippen LogP contribution is 2.47. The van der Waals surface area contributed by atoms with Crippen LogP contribution in [0.4, 0.5) is 35.2 Å². The lowest BCUT2D eigenvalue weighted by molar-refractivity contribution is -0.138. The van der Waals surface area contributed by atoms with Gasteiger partial charge in [-0.3, -0.25) is 29.5 Å². The van der Waals surface area contributed by atoms with Gasteiger partial charge in [0.25, 0.3) is 5.91 Å². The largest absolute Gasteiger partial charge is 0.496 e. The Hall–Kier alpha value is -5.94. The van der Waals surface area contributed by atoms with Crippen molar-refractivity contribution in [3.8, 4) is 5.75 Å². The number of fused-ring (bicyclic) bond motifs is 1. The van der Waals surface area contributed by atoms with Crippen molar-refractivity contribution in [2.45, 2.75) is 90.3 Å². The number of ether oxygens (including phenoxy) is 1. The second-order valence-corrected chi connectivity index (χ2v) is 20.3. The van der Waals surface area contributed by atoms with Crippen molar-refractivity contribution < 1.29 is 37.1 Å². The second kappa shape index (κ2) is 20.1. The predicted octanol–water partition coefficient (Wildman–Crippen LogP) is 9.26. The molecule has 3 aromatic carbocycles. The summed E-state index contributed by atoms with van der Waals surface area (Å²) in [7, 11) is 1.61. The van der Waals surface area contributed by atoms with Gasteiger partial charge in [0.05, 0.1) is 34.9 Å². The lowest BCUT2D eigenvalue weighted by Crippen LogP contribution is -2.51. The third-order valence-corrected chi connectivity index (χ3v) is 15.7. The van der Waals surface area contributed by atoms with Gasteiger partial charge in [0.2, 0.25) is 11.8 Å². The highest BCUT2D eigenvalue weighted by Gasteiger charge is 2.40. The van der Waals surface area contributed by atoms with E-state index in [1.165, 1.54) is 11.0 Å². The summed E-state index contributed by atoms with van der Waals surface area (Å²) in [5.74, 6) is 1.92. The number of carbonyl (C=O) groups excluding carboxylic acids is 4. The number of nitrogens with zero attached hydrogens (tertiary/aromatic N) is 6. The zero-order valence-corrected chi connectivity index (χ0v) is 40.7. The number of alkyl halides is 3. The van der Waals surface area contributed by atoms with E-state index in [0.717, 1.165) is 81.4 Å². The average molecular weight is 985 g/mol. The van der Waals surface area contributed by atoms with E-state index < -0.39 is 23.8 Å². The van der Waals surface area contributed by atoms with Crippen molar-refractivity contribution in [3.63, 3.8) is 0 Å². The van der Waals surface area contributed by atoms with Crippen LogP contribution < -0.4 is 26.0 Å². The van der Waals surface area contributed by atoms with Gasteiger partial charge in [0.15, 0.2) is 0 Å². The normalized spacial score (nSPS) is 20.9. The number of anilines is 3. The van der Waals surface area contributed by atoms with Gasteiger partial charge in [-0.15, -0.1) is 0 Å². The minimum absolute atomic E-state index is 0.0244. The van der Waals surface area contributed by atoms with Gasteiger partial charge in [0, 0.05) is 93.0 Å². The molecule has 0 radical (unpaired) electrons. The number of nitrogens with two attached hydrogens (primary N) is 1. The van der Waals surface area contributed by atoms with E-state index in [-0.39, 0.29) is 47.7 Å². The topological polar surface area (TPSA) is 166 Å². The fourth-order valence-electron chi connectivity index (χ4n) is 11.2. The number of piperazine rings is 1. The first kappa shape index (κ1) is 49.1. The van der Waals surface area contributed by atoms with Gasteiger partial charge in [-0.2, -0.15) is 13.2 Å². The van der Waals surface area contributed by atoms with E-state index in [1.54, 1.807) is 39.2 Å². The van der Waals surface area contributed by atoms with Crippen LogP contribution in [0.1, 0.15) is 110 Å². The molecule has 1 saturated carbocycles. The van der Waals surface area contributed by atoms with Gasteiger partial charge in [0.1, 0.15) is 17.4 Å². The van der Waals surface area contributed by atoms with Crippen molar-refractivity contribution in [2.24, 2.45) is 17.3 Å². The number of imide groups is 1. The summed E-state index contributed by atoms with van der Waals surface area (Å²) >= 11 is 6.44. The molecule has 1 unspecified atom stereocenters. The maximum atomic E-state index is 13.9. The molecule has 5 amide bonds. The fourth-order valence-corrected chi connectivity index (χ4v) is 11.5. The van der Waals surface area contributed by atoms with E-state index in [1.807, 2.05) is 21.9 Å². The maximum absolute atomic E-state index is 13.9. The van der Waals surface area contributed by atoms with Crippen molar-refractivity contribution in [1.29, 1.82) is 0 Å². The van der Waals surface area contributed by atoms with Gasteiger partial charge >= 0.3 is 12.2 Å². The van der Waals surface area contributed by atoms with E-state index in [2.05, 4.69) is 31.6 Å². The number of urea groups is 1. The molecule has 1 spiro atoms. The highest BCUT2D eigenvalue weighted by molar-refractivity contribution is 6.34. The summed E-state index contributed by atoms with van der Waals surface area (Å²) in [6, 6.07) is 11.3. The zero-order chi connectivity index (χ0) is 49.5. The molecule has 2 atom stereocenters. The SMILES string of the molecule is COc1cc2nc(C)nc(N[C@H](C)c3cc(N)cc(C(F)(F)F)c3)c2cc1C1=CCC(C(=O)N2CCN(CC3CCC4(CC3)CCN(C(=O)c3ccc(Cl)c(N5CCC(=O)NC5=O)c3)CC4)CC2)CC1. The monoisotopic (exact) mass is 983 g/mol. The molecule has 2 aliphatic carbocycles. The number of amides is 5. The number of hydrogen-bond acceptors (Lipinski definition) is 10. The van der Waals surface area contributed by atoms with E-state index >= 15 is 0 Å². The number of rotatable bonds is 10. The van der Waals surface area contributed by atoms with Crippen LogP contribution >= 0.6 is 11.6 Å². The Morgan fingerprint density at radius 2 is 1.67 bits per heavy atom. The molecule has 14 nitrogen and oxygen atoms in total. The van der Waals surface area contributed by atoms with Gasteiger partial charge in [-0.25, -0.2) is 14.8 Å². The molecule has 4 N–H and O–H groups in total. The molecule has 4 fully saturated rings. The molecule has 5 aliphatic rings. The van der Waals surface area contributed by atoms with Crippen molar-refractivity contribution in [1.82, 2.24) is 30.0 Å². The molecule has 0 bridgehead atoms. The fraction of sp³-hybridized carbons (Fsp3) is 0.500. The Bertz CT molecular complexity index is 2710. The summed E-state index contributed by atoms with van der Waals surface area (Å²) in [6.45, 7) is 9.29. The van der Waals surface area contributed by atoms with E-state index in [0.29, 0.717) is 101 Å². The molecule has 18 heteroatoms. The quantitative estimate of drug-likeness (QED) is 0.130. The van der Waals surface area contributed by atoms with Crippen LogP contribution in [0.25, 0.3) is 16.5 Å². The molecule has 70 heavy (non-hydrogen) atoms. The van der Waals surface area contributed by atoms with Crippen LogP contribution in [0.5, 0.6) is 5.75 Å². The molecular formula is C52H61ClF3N9O5. The van der Waals surface area contributed by atoms with Gasteiger partial charge < -0.3 is 25.6 Å². The number of piperidine rings is 1. The summed E-state index contributed by atoms with van der Waals surface area (Å²) in [4.78, 5) is 68.9. The number of aryl methyl sites for hydroxylation is 1. The van der Waals surface area contributed by atoms with Crippen LogP contribution in [-0.2, 0) is 15.8 Å². The average Bonchev–Trinajstić information content (AvgIpc) is 3.34. The maximum Gasteiger partial charge on any atom is 0.416 e. The molecule has 3 aliphatic heterocycles. The Labute approximate surface area is 411 Å². The number of aromatic nitrogens is 2. The minimum Gasteiger partial charge on any atom is -0.496 e. The number of methoxy groups -OCH3 is 1. The summed E-state index contributed by atoms with van der Waals surface area (Å²) in [6.07, 6.45) is 6.32. The zero-order valence-electron chi connectivity index (χ0n) is 40.0. The molecule has 1 aromatic heterocycles. The number of hydrogen-bond donors (Lipinski definition) is 3. The Morgan fingerprint density at radius 1 is 0.929 bits per heavy atom. The first-order valence-corrected chi connectivity index (χ1v) is 24.8. The van der Waals surface area contributed by atoms with Crippen LogP contribution in [0, 0.1) is 24.2 Å². The molecule has 4 aromatic rings. The summed E-state index contributed by atoms with van der Waals surface area (Å²) in [5.41, 5.74) is 9.19. The van der Waals surface area contributed by atoms with Crippen molar-refractivity contribution in [3.05, 3.63) is 87.7 Å². The van der Waals surface area contributed by atoms with E-state index in [9.17, 15) is 32.3 Å². The van der Waals surface area contributed by atoms with Gasteiger partial charge in [-0.05, 0) is 137 Å². The number of benzene rings is 3. The Balaban J connectivity index is 0.750. The lowest BCUT2D eigenvalue weighted by atomic mass is 9.65. The highest BCUT2D eigenvalue weighted by atomic mass is 35.5. The molecular weight excluding hydrogens is 923 g/mol. The number of nitrogen functional groups attached to an aromatic ring is 1. The van der Waals surface area contributed by atoms with Crippen molar-refractivity contribution in [2.75, 3.05) is 75.4 Å². The number of likely N-dealkylation sites (tertiary alicyclic amines) is 1. The van der Waals surface area contributed by atoms with Crippen LogP contribution in [0.15, 0.2) is 54.6 Å². The Morgan fingerprint density at radius 3 is 2.34 bits per heavy atom. The van der Waals surface area contributed by atoms with Crippen LogP contribution in [-0.4, -0.2) is 108 Å². The summed E-state index contributed by atoms with van der Waals surface area (Å²) < 4.78 is 46.8. The first-order valence-electron chi connectivity index (χ1n) is 24.5. The molecule has 3 saturated heterocycles. The Kier molecular flexibility index (Phi) is 14.1. The molecule has 9 rings (SSSR count). The number of carbonyl (C=O) groups is 4. The van der Waals surface area contributed by atoms with Crippen molar-refractivity contribution >= 4 is 69.0 Å². The number of allylic oxidation sites excluding steroid dienone is 2. The van der Waals surface area contributed by atoms with Gasteiger partial charge in [-0.1, -0.05) is 17.7 Å². The lowest BCUT2D eigenvalue weighted by Gasteiger charge is -2.47. The molecule has 4 heterocycles. The summed E-state index contributed by atoms with van der Waals surface area (Å²) in [5, 5.41) is 6.68. The molecule has 372 valence electrons.